The van der Waals surface area contributed by atoms with E-state index in [-0.39, 0.29) is 41.9 Å². The summed E-state index contributed by atoms with van der Waals surface area (Å²) >= 11 is 5.95. The number of pyridine rings is 1. The summed E-state index contributed by atoms with van der Waals surface area (Å²) in [5, 5.41) is 6.31. The molecule has 8 nitrogen and oxygen atoms in total. The van der Waals surface area contributed by atoms with E-state index in [0.717, 1.165) is 5.52 Å². The molecular formula is C16H17ClN4O4. The number of ether oxygens (including phenoxy) is 2. The van der Waals surface area contributed by atoms with Crippen LogP contribution in [0.5, 0.6) is 0 Å². The van der Waals surface area contributed by atoms with Crippen molar-refractivity contribution in [1.82, 2.24) is 20.0 Å². The molecule has 0 unspecified atom stereocenters. The van der Waals surface area contributed by atoms with Gasteiger partial charge in [-0.3, -0.25) is 14.0 Å². The Morgan fingerprint density at radius 3 is 2.60 bits per heavy atom. The minimum Gasteiger partial charge on any atom is -0.371 e. The van der Waals surface area contributed by atoms with Crippen molar-refractivity contribution in [3.05, 3.63) is 35.4 Å². The van der Waals surface area contributed by atoms with Gasteiger partial charge in [0.25, 0.3) is 5.91 Å². The lowest BCUT2D eigenvalue weighted by Gasteiger charge is -2.17. The third-order valence-electron chi connectivity index (χ3n) is 4.46. The fourth-order valence-corrected chi connectivity index (χ4v) is 3.55. The van der Waals surface area contributed by atoms with Crippen LogP contribution >= 0.6 is 11.6 Å². The number of halogens is 1. The topological polar surface area (TPSA) is 94.0 Å². The van der Waals surface area contributed by atoms with Crippen molar-refractivity contribution in [3.63, 3.8) is 0 Å². The average Bonchev–Trinajstić information content (AvgIpc) is 3.23. The molecular weight excluding hydrogens is 348 g/mol. The van der Waals surface area contributed by atoms with Gasteiger partial charge in [-0.2, -0.15) is 0 Å². The number of amides is 2. The molecule has 25 heavy (non-hydrogen) atoms. The molecule has 2 aromatic rings. The Morgan fingerprint density at radius 1 is 1.24 bits per heavy atom. The summed E-state index contributed by atoms with van der Waals surface area (Å²) < 4.78 is 13.1. The van der Waals surface area contributed by atoms with Gasteiger partial charge in [-0.15, -0.1) is 0 Å². The van der Waals surface area contributed by atoms with Crippen molar-refractivity contribution in [1.29, 1.82) is 0 Å². The fourth-order valence-electron chi connectivity index (χ4n) is 3.38. The molecule has 4 rings (SSSR count). The molecule has 2 aromatic heterocycles. The van der Waals surface area contributed by atoms with Gasteiger partial charge < -0.3 is 20.1 Å². The second-order valence-electron chi connectivity index (χ2n) is 6.20. The van der Waals surface area contributed by atoms with E-state index < -0.39 is 0 Å². The molecule has 0 aromatic carbocycles. The number of aromatic nitrogens is 2. The monoisotopic (exact) mass is 364 g/mol. The van der Waals surface area contributed by atoms with Crippen LogP contribution in [0.1, 0.15) is 17.5 Å². The van der Waals surface area contributed by atoms with Crippen LogP contribution in [-0.2, 0) is 14.3 Å². The van der Waals surface area contributed by atoms with Gasteiger partial charge in [0.05, 0.1) is 37.0 Å². The van der Waals surface area contributed by atoms with Crippen molar-refractivity contribution in [3.8, 4) is 0 Å². The first-order chi connectivity index (χ1) is 12.0. The predicted octanol–water partition coefficient (Wildman–Crippen LogP) is 0.388. The summed E-state index contributed by atoms with van der Waals surface area (Å²) in [4.78, 5) is 28.0. The number of nitrogens with zero attached hydrogens (tertiary/aromatic N) is 2. The SMILES string of the molecule is CC(=O)N[C@H]1CO[C@H]2[C@@H]1OC[C@@H]2NC(=O)c1ncc2cc(Cl)ccn12. The van der Waals surface area contributed by atoms with Gasteiger partial charge in [0.15, 0.2) is 0 Å². The zero-order chi connectivity index (χ0) is 17.6. The quantitative estimate of drug-likeness (QED) is 0.821. The number of carbonyl (C=O) groups excluding carboxylic acids is 2. The number of hydrogen-bond acceptors (Lipinski definition) is 5. The first-order valence-electron chi connectivity index (χ1n) is 7.97. The Balaban J connectivity index is 1.47. The molecule has 0 aliphatic carbocycles. The van der Waals surface area contributed by atoms with E-state index in [0.29, 0.717) is 18.2 Å². The summed E-state index contributed by atoms with van der Waals surface area (Å²) in [7, 11) is 0. The van der Waals surface area contributed by atoms with Gasteiger partial charge in [-0.25, -0.2) is 4.98 Å². The number of rotatable bonds is 3. The molecule has 0 spiro atoms. The van der Waals surface area contributed by atoms with Crippen LogP contribution in [0.25, 0.3) is 5.52 Å². The Kier molecular flexibility index (Phi) is 4.10. The van der Waals surface area contributed by atoms with E-state index >= 15 is 0 Å². The van der Waals surface area contributed by atoms with E-state index in [9.17, 15) is 9.59 Å². The largest absolute Gasteiger partial charge is 0.371 e. The van der Waals surface area contributed by atoms with E-state index in [1.807, 2.05) is 0 Å². The zero-order valence-corrected chi connectivity index (χ0v) is 14.2. The highest BCUT2D eigenvalue weighted by molar-refractivity contribution is 6.30. The smallest absolute Gasteiger partial charge is 0.288 e. The lowest BCUT2D eigenvalue weighted by molar-refractivity contribution is -0.120. The van der Waals surface area contributed by atoms with Crippen LogP contribution in [0, 0.1) is 0 Å². The number of imidazole rings is 1. The van der Waals surface area contributed by atoms with Crippen LogP contribution < -0.4 is 10.6 Å². The van der Waals surface area contributed by atoms with E-state index in [1.165, 1.54) is 6.92 Å². The van der Waals surface area contributed by atoms with Crippen molar-refractivity contribution in [2.24, 2.45) is 0 Å². The maximum absolute atomic E-state index is 12.6. The molecule has 2 N–H and O–H groups in total. The third-order valence-corrected chi connectivity index (χ3v) is 4.69. The molecule has 4 heterocycles. The van der Waals surface area contributed by atoms with Crippen LogP contribution in [0.2, 0.25) is 5.02 Å². The number of carbonyl (C=O) groups is 2. The fraction of sp³-hybridized carbons (Fsp3) is 0.438. The van der Waals surface area contributed by atoms with Gasteiger partial charge in [0.2, 0.25) is 11.7 Å². The van der Waals surface area contributed by atoms with Gasteiger partial charge in [0, 0.05) is 18.1 Å². The molecule has 132 valence electrons. The highest BCUT2D eigenvalue weighted by Crippen LogP contribution is 2.27. The molecule has 0 radical (unpaired) electrons. The van der Waals surface area contributed by atoms with Crippen LogP contribution in [-0.4, -0.2) is 58.7 Å². The van der Waals surface area contributed by atoms with Crippen molar-refractivity contribution >= 4 is 28.9 Å². The lowest BCUT2D eigenvalue weighted by Crippen LogP contribution is -2.46. The Labute approximate surface area is 148 Å². The Bertz CT molecular complexity index is 839. The summed E-state index contributed by atoms with van der Waals surface area (Å²) in [6.07, 6.45) is 2.74. The predicted molar refractivity (Wildman–Crippen MR) is 88.5 cm³/mol. The molecule has 4 atom stereocenters. The van der Waals surface area contributed by atoms with E-state index in [1.54, 1.807) is 28.9 Å². The van der Waals surface area contributed by atoms with Crippen molar-refractivity contribution in [2.45, 2.75) is 31.2 Å². The van der Waals surface area contributed by atoms with Crippen LogP contribution in [0.15, 0.2) is 24.5 Å². The Hall–Kier alpha value is -2.16. The summed E-state index contributed by atoms with van der Waals surface area (Å²) in [5.74, 6) is -0.178. The average molecular weight is 365 g/mol. The normalized spacial score (nSPS) is 28.1. The highest BCUT2D eigenvalue weighted by atomic mass is 35.5. The first kappa shape index (κ1) is 16.3. The maximum atomic E-state index is 12.6. The highest BCUT2D eigenvalue weighted by Gasteiger charge is 2.48. The minimum absolute atomic E-state index is 0.132. The van der Waals surface area contributed by atoms with Gasteiger partial charge in [-0.1, -0.05) is 11.6 Å². The van der Waals surface area contributed by atoms with Gasteiger partial charge in [-0.05, 0) is 12.1 Å². The molecule has 0 saturated carbocycles. The van der Waals surface area contributed by atoms with Crippen LogP contribution in [0.3, 0.4) is 0 Å². The standard InChI is InChI=1S/C16H17ClN4O4/c1-8(22)19-11-6-24-14-12(7-25-13(11)14)20-16(23)15-18-5-10-4-9(17)2-3-21(10)15/h2-5,11-14H,6-7H2,1H3,(H,19,22)(H,20,23)/t11-,12-,13+,14+/m0/s1. The van der Waals surface area contributed by atoms with Crippen LogP contribution in [0.4, 0.5) is 0 Å². The molecule has 2 aliphatic rings. The molecule has 2 amide bonds. The van der Waals surface area contributed by atoms with E-state index in [4.69, 9.17) is 21.1 Å². The Morgan fingerprint density at radius 2 is 1.92 bits per heavy atom. The number of hydrogen-bond donors (Lipinski definition) is 2. The molecule has 0 bridgehead atoms. The lowest BCUT2D eigenvalue weighted by atomic mass is 10.1. The van der Waals surface area contributed by atoms with E-state index in [2.05, 4.69) is 15.6 Å². The zero-order valence-electron chi connectivity index (χ0n) is 13.4. The molecule has 2 fully saturated rings. The number of fused-ring (bicyclic) bond motifs is 2. The second-order valence-corrected chi connectivity index (χ2v) is 6.64. The van der Waals surface area contributed by atoms with Gasteiger partial charge in [0.1, 0.15) is 12.2 Å². The van der Waals surface area contributed by atoms with Gasteiger partial charge >= 0.3 is 0 Å². The summed E-state index contributed by atoms with van der Waals surface area (Å²) in [5.41, 5.74) is 0.737. The molecule has 2 saturated heterocycles. The number of nitrogens with one attached hydrogen (secondary N) is 2. The molecule has 2 aliphatic heterocycles. The summed E-state index contributed by atoms with van der Waals surface area (Å²) in [6.45, 7) is 2.15. The maximum Gasteiger partial charge on any atom is 0.288 e. The van der Waals surface area contributed by atoms with Crippen molar-refractivity contribution < 1.29 is 19.1 Å². The van der Waals surface area contributed by atoms with Crippen molar-refractivity contribution in [2.75, 3.05) is 13.2 Å². The second kappa shape index (κ2) is 6.29. The summed E-state index contributed by atoms with van der Waals surface area (Å²) in [6, 6.07) is 2.94. The minimum atomic E-state index is -0.317. The molecule has 9 heteroatoms. The first-order valence-corrected chi connectivity index (χ1v) is 8.34. The third kappa shape index (κ3) is 2.97.